The lowest BCUT2D eigenvalue weighted by atomic mass is 10.0. The van der Waals surface area contributed by atoms with Gasteiger partial charge >= 0.3 is 6.18 Å². The number of ether oxygens (including phenoxy) is 4. The van der Waals surface area contributed by atoms with Gasteiger partial charge in [-0.15, -0.1) is 0 Å². The molecule has 1 aliphatic rings. The molecule has 2 aromatic carbocycles. The van der Waals surface area contributed by atoms with Crippen LogP contribution in [0.25, 0.3) is 0 Å². The van der Waals surface area contributed by atoms with Crippen LogP contribution >= 0.6 is 0 Å². The number of aryl methyl sites for hydroxylation is 1. The zero-order chi connectivity index (χ0) is 19.4. The zero-order valence-corrected chi connectivity index (χ0v) is 15.1. The van der Waals surface area contributed by atoms with Crippen molar-refractivity contribution in [2.75, 3.05) is 20.3 Å². The SMILES string of the molecule is CCc1ccc(COc2ccc(C3OCCO3)cc2OC)c(C(F)(F)F)c1. The van der Waals surface area contributed by atoms with E-state index in [1.807, 2.05) is 6.92 Å². The first kappa shape index (κ1) is 19.5. The van der Waals surface area contributed by atoms with Crippen molar-refractivity contribution in [3.05, 3.63) is 58.7 Å². The van der Waals surface area contributed by atoms with E-state index in [-0.39, 0.29) is 12.2 Å². The van der Waals surface area contributed by atoms with Crippen molar-refractivity contribution >= 4 is 0 Å². The highest BCUT2D eigenvalue weighted by Gasteiger charge is 2.33. The molecule has 0 aliphatic carbocycles. The zero-order valence-electron chi connectivity index (χ0n) is 15.1. The van der Waals surface area contributed by atoms with Gasteiger partial charge in [0.25, 0.3) is 0 Å². The van der Waals surface area contributed by atoms with Crippen molar-refractivity contribution < 1.29 is 32.1 Å². The van der Waals surface area contributed by atoms with Crippen molar-refractivity contribution in [3.8, 4) is 11.5 Å². The van der Waals surface area contributed by atoms with E-state index in [1.165, 1.54) is 19.2 Å². The fourth-order valence-corrected chi connectivity index (χ4v) is 2.89. The molecule has 2 aromatic rings. The topological polar surface area (TPSA) is 36.9 Å². The van der Waals surface area contributed by atoms with Gasteiger partial charge in [-0.1, -0.05) is 25.1 Å². The third-order valence-electron chi connectivity index (χ3n) is 4.35. The highest BCUT2D eigenvalue weighted by molar-refractivity contribution is 5.44. The highest BCUT2D eigenvalue weighted by Crippen LogP contribution is 2.36. The summed E-state index contributed by atoms with van der Waals surface area (Å²) in [4.78, 5) is 0. The van der Waals surface area contributed by atoms with E-state index in [0.29, 0.717) is 36.7 Å². The van der Waals surface area contributed by atoms with E-state index in [1.54, 1.807) is 24.3 Å². The second-order valence-electron chi connectivity index (χ2n) is 6.12. The van der Waals surface area contributed by atoms with Gasteiger partial charge in [-0.05, 0) is 30.2 Å². The number of methoxy groups -OCH3 is 1. The molecule has 0 unspecified atom stereocenters. The Morgan fingerprint density at radius 3 is 2.41 bits per heavy atom. The van der Waals surface area contributed by atoms with Gasteiger partial charge in [0.1, 0.15) is 6.61 Å². The molecular formula is C20H21F3O4. The molecule has 7 heteroatoms. The molecule has 4 nitrogen and oxygen atoms in total. The summed E-state index contributed by atoms with van der Waals surface area (Å²) in [7, 11) is 1.47. The molecule has 1 fully saturated rings. The Hall–Kier alpha value is -2.25. The maximum absolute atomic E-state index is 13.4. The van der Waals surface area contributed by atoms with Crippen LogP contribution in [0.4, 0.5) is 13.2 Å². The first-order chi connectivity index (χ1) is 12.9. The summed E-state index contributed by atoms with van der Waals surface area (Å²) in [6.07, 6.45) is -4.37. The minimum atomic E-state index is -4.44. The Kier molecular flexibility index (Phi) is 5.92. The fourth-order valence-electron chi connectivity index (χ4n) is 2.89. The van der Waals surface area contributed by atoms with Crippen molar-refractivity contribution in [2.45, 2.75) is 32.4 Å². The summed E-state index contributed by atoms with van der Waals surface area (Å²) in [6, 6.07) is 9.42. The standard InChI is InChI=1S/C20H21F3O4/c1-3-13-4-5-15(16(10-13)20(21,22)23)12-27-17-7-6-14(11-18(17)24-2)19-25-8-9-26-19/h4-7,10-11,19H,3,8-9,12H2,1-2H3. The number of hydrogen-bond acceptors (Lipinski definition) is 4. The molecule has 0 aromatic heterocycles. The summed E-state index contributed by atoms with van der Waals surface area (Å²) in [5.74, 6) is 0.761. The van der Waals surface area contributed by atoms with Gasteiger partial charge in [-0.25, -0.2) is 0 Å². The molecule has 0 atom stereocenters. The van der Waals surface area contributed by atoms with Crippen molar-refractivity contribution in [3.63, 3.8) is 0 Å². The lowest BCUT2D eigenvalue weighted by Crippen LogP contribution is -2.12. The molecule has 0 saturated carbocycles. The summed E-state index contributed by atoms with van der Waals surface area (Å²) in [5.41, 5.74) is 0.794. The van der Waals surface area contributed by atoms with Gasteiger partial charge in [0.2, 0.25) is 0 Å². The van der Waals surface area contributed by atoms with Crippen molar-refractivity contribution in [1.82, 2.24) is 0 Å². The van der Waals surface area contributed by atoms with Crippen molar-refractivity contribution in [2.24, 2.45) is 0 Å². The summed E-state index contributed by atoms with van der Waals surface area (Å²) >= 11 is 0. The minimum Gasteiger partial charge on any atom is -0.493 e. The number of halogens is 3. The van der Waals surface area contributed by atoms with E-state index in [2.05, 4.69) is 0 Å². The lowest BCUT2D eigenvalue weighted by molar-refractivity contribution is -0.138. The van der Waals surface area contributed by atoms with Gasteiger partial charge < -0.3 is 18.9 Å². The molecule has 0 bridgehead atoms. The van der Waals surface area contributed by atoms with Gasteiger partial charge in [0, 0.05) is 11.1 Å². The van der Waals surface area contributed by atoms with Crippen LogP contribution in [0.5, 0.6) is 11.5 Å². The van der Waals surface area contributed by atoms with Crippen molar-refractivity contribution in [1.29, 1.82) is 0 Å². The van der Waals surface area contributed by atoms with E-state index in [9.17, 15) is 13.2 Å². The molecule has 1 saturated heterocycles. The first-order valence-electron chi connectivity index (χ1n) is 8.65. The van der Waals surface area contributed by atoms with Crippen LogP contribution in [0.3, 0.4) is 0 Å². The van der Waals surface area contributed by atoms with E-state index < -0.39 is 18.0 Å². The van der Waals surface area contributed by atoms with Crippen LogP contribution in [0, 0.1) is 0 Å². The maximum atomic E-state index is 13.4. The average Bonchev–Trinajstić information content (AvgIpc) is 3.20. The summed E-state index contributed by atoms with van der Waals surface area (Å²) in [5, 5.41) is 0. The quantitative estimate of drug-likeness (QED) is 0.712. The van der Waals surface area contributed by atoms with E-state index in [0.717, 1.165) is 5.56 Å². The molecule has 0 amide bonds. The normalized spacial score (nSPS) is 15.1. The summed E-state index contributed by atoms with van der Waals surface area (Å²) in [6.45, 7) is 2.62. The Balaban J connectivity index is 1.80. The third-order valence-corrected chi connectivity index (χ3v) is 4.35. The minimum absolute atomic E-state index is 0.0771. The smallest absolute Gasteiger partial charge is 0.416 e. The van der Waals surface area contributed by atoms with Crippen LogP contribution in [-0.4, -0.2) is 20.3 Å². The molecule has 1 heterocycles. The predicted molar refractivity (Wildman–Crippen MR) is 92.8 cm³/mol. The second-order valence-corrected chi connectivity index (χ2v) is 6.12. The average molecular weight is 382 g/mol. The molecule has 3 rings (SSSR count). The van der Waals surface area contributed by atoms with Crippen LogP contribution in [0.2, 0.25) is 0 Å². The molecule has 146 valence electrons. The highest BCUT2D eigenvalue weighted by atomic mass is 19.4. The Bertz CT molecular complexity index is 783. The number of hydrogen-bond donors (Lipinski definition) is 0. The number of rotatable bonds is 6. The van der Waals surface area contributed by atoms with E-state index >= 15 is 0 Å². The van der Waals surface area contributed by atoms with E-state index in [4.69, 9.17) is 18.9 Å². The third kappa shape index (κ3) is 4.54. The molecule has 27 heavy (non-hydrogen) atoms. The largest absolute Gasteiger partial charge is 0.493 e. The molecule has 1 aliphatic heterocycles. The Morgan fingerprint density at radius 2 is 1.78 bits per heavy atom. The van der Waals surface area contributed by atoms with Crippen LogP contribution in [-0.2, 0) is 28.7 Å². The second kappa shape index (κ2) is 8.19. The summed E-state index contributed by atoms with van der Waals surface area (Å²) < 4.78 is 61.9. The predicted octanol–water partition coefficient (Wildman–Crippen LogP) is 4.90. The molecule has 0 spiro atoms. The van der Waals surface area contributed by atoms with Crippen LogP contribution < -0.4 is 9.47 Å². The monoisotopic (exact) mass is 382 g/mol. The number of alkyl halides is 3. The van der Waals surface area contributed by atoms with Gasteiger partial charge in [-0.2, -0.15) is 13.2 Å². The maximum Gasteiger partial charge on any atom is 0.416 e. The van der Waals surface area contributed by atoms with Crippen LogP contribution in [0.15, 0.2) is 36.4 Å². The lowest BCUT2D eigenvalue weighted by Gasteiger charge is -2.17. The Labute approximate surface area is 155 Å². The molecule has 0 radical (unpaired) electrons. The fraction of sp³-hybridized carbons (Fsp3) is 0.400. The van der Waals surface area contributed by atoms with Gasteiger partial charge in [0.05, 0.1) is 25.9 Å². The molecular weight excluding hydrogens is 361 g/mol. The van der Waals surface area contributed by atoms with Gasteiger partial charge in [-0.3, -0.25) is 0 Å². The van der Waals surface area contributed by atoms with Crippen LogP contribution in [0.1, 0.15) is 35.5 Å². The Morgan fingerprint density at radius 1 is 1.04 bits per heavy atom. The number of benzene rings is 2. The van der Waals surface area contributed by atoms with Gasteiger partial charge in [0.15, 0.2) is 17.8 Å². The molecule has 0 N–H and O–H groups in total. The first-order valence-corrected chi connectivity index (χ1v) is 8.65.